The molecule has 0 saturated heterocycles. The Balaban J connectivity index is 2.07. The molecule has 3 rings (SSSR count). The summed E-state index contributed by atoms with van der Waals surface area (Å²) in [4.78, 5) is 29.6. The van der Waals surface area contributed by atoms with Crippen LogP contribution >= 0.6 is 22.9 Å². The lowest BCUT2D eigenvalue weighted by molar-refractivity contribution is -0.385. The first-order valence-corrected chi connectivity index (χ1v) is 7.41. The van der Waals surface area contributed by atoms with Gasteiger partial charge in [0.1, 0.15) is 0 Å². The molecule has 110 valence electrons. The van der Waals surface area contributed by atoms with Crippen LogP contribution in [0.2, 0.25) is 4.47 Å². The zero-order chi connectivity index (χ0) is 15.1. The van der Waals surface area contributed by atoms with Crippen molar-refractivity contribution in [1.29, 1.82) is 0 Å². The van der Waals surface area contributed by atoms with Crippen molar-refractivity contribution in [2.75, 3.05) is 11.4 Å². The van der Waals surface area contributed by atoms with Crippen LogP contribution in [0.15, 0.2) is 17.1 Å². The van der Waals surface area contributed by atoms with E-state index in [2.05, 4.69) is 4.98 Å². The smallest absolute Gasteiger partial charge is 0.312 e. The lowest BCUT2D eigenvalue weighted by atomic mass is 10.2. The number of thiazole rings is 1. The molecule has 0 amide bonds. The first-order valence-electron chi connectivity index (χ1n) is 6.21. The SMILES string of the molecule is Cc1cc(=O)n2c(c1[N+](=O)[O-])N(Cc1cnc(Cl)s1)CC2. The standard InChI is InChI=1S/C12H11ClN4O3S/c1-7-4-9(18)16-3-2-15(11(16)10(7)17(19)20)6-8-5-14-12(13)21-8/h4-5H,2-3,6H2,1H3. The van der Waals surface area contributed by atoms with Crippen LogP contribution in [0, 0.1) is 17.0 Å². The number of fused-ring (bicyclic) bond motifs is 1. The maximum Gasteiger partial charge on any atom is 0.312 e. The van der Waals surface area contributed by atoms with E-state index in [0.29, 0.717) is 35.5 Å². The van der Waals surface area contributed by atoms with Crippen molar-refractivity contribution in [2.24, 2.45) is 0 Å². The fourth-order valence-corrected chi connectivity index (χ4v) is 3.52. The quantitative estimate of drug-likeness (QED) is 0.638. The lowest BCUT2D eigenvalue weighted by Gasteiger charge is -2.17. The summed E-state index contributed by atoms with van der Waals surface area (Å²) in [7, 11) is 0. The number of pyridine rings is 1. The fraction of sp³-hybridized carbons (Fsp3) is 0.333. The molecule has 0 unspecified atom stereocenters. The van der Waals surface area contributed by atoms with Gasteiger partial charge in [0.25, 0.3) is 5.56 Å². The van der Waals surface area contributed by atoms with Crippen LogP contribution in [-0.2, 0) is 13.1 Å². The molecule has 2 aromatic heterocycles. The Kier molecular flexibility index (Phi) is 3.42. The predicted molar refractivity (Wildman–Crippen MR) is 80.3 cm³/mol. The second kappa shape index (κ2) is 5.12. The number of hydrogen-bond acceptors (Lipinski definition) is 6. The average Bonchev–Trinajstić information content (AvgIpc) is 2.97. The van der Waals surface area contributed by atoms with Gasteiger partial charge in [-0.05, 0) is 6.92 Å². The highest BCUT2D eigenvalue weighted by molar-refractivity contribution is 7.15. The van der Waals surface area contributed by atoms with E-state index in [4.69, 9.17) is 11.6 Å². The molecule has 0 bridgehead atoms. The van der Waals surface area contributed by atoms with E-state index in [-0.39, 0.29) is 11.2 Å². The van der Waals surface area contributed by atoms with E-state index < -0.39 is 4.92 Å². The number of anilines is 1. The minimum atomic E-state index is -0.432. The molecule has 2 aromatic rings. The minimum Gasteiger partial charge on any atom is -0.345 e. The van der Waals surface area contributed by atoms with Gasteiger partial charge >= 0.3 is 5.69 Å². The van der Waals surface area contributed by atoms with Gasteiger partial charge in [0.2, 0.25) is 0 Å². The van der Waals surface area contributed by atoms with Crippen LogP contribution < -0.4 is 10.5 Å². The number of aryl methyl sites for hydroxylation is 1. The first kappa shape index (κ1) is 14.0. The number of hydrogen-bond donors (Lipinski definition) is 0. The van der Waals surface area contributed by atoms with Crippen molar-refractivity contribution >= 4 is 34.4 Å². The first-order chi connectivity index (χ1) is 9.97. The summed E-state index contributed by atoms with van der Waals surface area (Å²) in [6, 6.07) is 1.31. The van der Waals surface area contributed by atoms with Gasteiger partial charge in [-0.3, -0.25) is 19.5 Å². The second-order valence-corrected chi connectivity index (χ2v) is 6.44. The minimum absolute atomic E-state index is 0.0114. The number of halogens is 1. The van der Waals surface area contributed by atoms with Gasteiger partial charge in [-0.1, -0.05) is 11.6 Å². The Labute approximate surface area is 128 Å². The Morgan fingerprint density at radius 2 is 2.29 bits per heavy atom. The van der Waals surface area contributed by atoms with Gasteiger partial charge in [-0.15, -0.1) is 11.3 Å². The van der Waals surface area contributed by atoms with E-state index in [9.17, 15) is 14.9 Å². The third-order valence-electron chi connectivity index (χ3n) is 3.39. The maximum atomic E-state index is 12.0. The molecule has 0 atom stereocenters. The van der Waals surface area contributed by atoms with Crippen molar-refractivity contribution in [3.63, 3.8) is 0 Å². The van der Waals surface area contributed by atoms with E-state index >= 15 is 0 Å². The summed E-state index contributed by atoms with van der Waals surface area (Å²) in [5.74, 6) is 0.370. The van der Waals surface area contributed by atoms with Crippen LogP contribution in [0.1, 0.15) is 10.4 Å². The van der Waals surface area contributed by atoms with Crippen LogP contribution in [0.4, 0.5) is 11.5 Å². The van der Waals surface area contributed by atoms with Crippen LogP contribution in [-0.4, -0.2) is 21.0 Å². The maximum absolute atomic E-state index is 12.0. The predicted octanol–water partition coefficient (Wildman–Crippen LogP) is 2.20. The van der Waals surface area contributed by atoms with E-state index in [0.717, 1.165) is 4.88 Å². The molecule has 7 nitrogen and oxygen atoms in total. The Bertz CT molecular complexity index is 785. The molecule has 0 fully saturated rings. The molecule has 1 aliphatic heterocycles. The largest absolute Gasteiger partial charge is 0.345 e. The number of rotatable bonds is 3. The van der Waals surface area contributed by atoms with Crippen LogP contribution in [0.5, 0.6) is 0 Å². The van der Waals surface area contributed by atoms with Gasteiger partial charge in [0.05, 0.1) is 11.5 Å². The zero-order valence-electron chi connectivity index (χ0n) is 11.1. The van der Waals surface area contributed by atoms with E-state index in [1.807, 2.05) is 4.90 Å². The van der Waals surface area contributed by atoms with Gasteiger partial charge in [0, 0.05) is 35.8 Å². The van der Waals surface area contributed by atoms with Crippen molar-refractivity contribution < 1.29 is 4.92 Å². The third-order valence-corrected chi connectivity index (χ3v) is 4.49. The monoisotopic (exact) mass is 326 g/mol. The van der Waals surface area contributed by atoms with E-state index in [1.165, 1.54) is 22.0 Å². The molecule has 0 N–H and O–H groups in total. The summed E-state index contributed by atoms with van der Waals surface area (Å²) in [6.07, 6.45) is 1.65. The van der Waals surface area contributed by atoms with Crippen molar-refractivity contribution in [3.8, 4) is 0 Å². The highest BCUT2D eigenvalue weighted by Gasteiger charge is 2.31. The van der Waals surface area contributed by atoms with Gasteiger partial charge in [-0.2, -0.15) is 0 Å². The summed E-state index contributed by atoms with van der Waals surface area (Å²) in [6.45, 7) is 3.03. The third kappa shape index (κ3) is 2.40. The molecular weight excluding hydrogens is 316 g/mol. The van der Waals surface area contributed by atoms with Crippen molar-refractivity contribution in [2.45, 2.75) is 20.0 Å². The topological polar surface area (TPSA) is 81.3 Å². The Morgan fingerprint density at radius 1 is 1.52 bits per heavy atom. The van der Waals surface area contributed by atoms with E-state index in [1.54, 1.807) is 13.1 Å². The second-order valence-electron chi connectivity index (χ2n) is 4.75. The summed E-state index contributed by atoms with van der Waals surface area (Å²) >= 11 is 7.13. The number of nitrogens with zero attached hydrogens (tertiary/aromatic N) is 4. The molecule has 0 aromatic carbocycles. The fourth-order valence-electron chi connectivity index (χ4n) is 2.53. The number of aromatic nitrogens is 2. The van der Waals surface area contributed by atoms with Crippen LogP contribution in [0.3, 0.4) is 0 Å². The van der Waals surface area contributed by atoms with Crippen LogP contribution in [0.25, 0.3) is 0 Å². The summed E-state index contributed by atoms with van der Waals surface area (Å²) in [5.41, 5.74) is 0.158. The molecule has 0 radical (unpaired) electrons. The highest BCUT2D eigenvalue weighted by Crippen LogP contribution is 2.34. The van der Waals surface area contributed by atoms with Gasteiger partial charge < -0.3 is 4.90 Å². The lowest BCUT2D eigenvalue weighted by Crippen LogP contribution is -2.22. The molecule has 0 aliphatic carbocycles. The van der Waals surface area contributed by atoms with Crippen molar-refractivity contribution in [1.82, 2.24) is 9.55 Å². The molecular formula is C12H11ClN4O3S. The zero-order valence-corrected chi connectivity index (χ0v) is 12.6. The summed E-state index contributed by atoms with van der Waals surface area (Å²) < 4.78 is 1.88. The van der Waals surface area contributed by atoms with Gasteiger partial charge in [0.15, 0.2) is 10.3 Å². The molecule has 0 saturated carbocycles. The Hall–Kier alpha value is -1.93. The summed E-state index contributed by atoms with van der Waals surface area (Å²) in [5, 5.41) is 11.3. The Morgan fingerprint density at radius 3 is 2.90 bits per heavy atom. The molecule has 0 spiro atoms. The highest BCUT2D eigenvalue weighted by atomic mass is 35.5. The number of nitro groups is 1. The molecule has 21 heavy (non-hydrogen) atoms. The molecule has 3 heterocycles. The van der Waals surface area contributed by atoms with Gasteiger partial charge in [-0.25, -0.2) is 4.98 Å². The average molecular weight is 327 g/mol. The molecule has 9 heteroatoms. The normalized spacial score (nSPS) is 13.5. The van der Waals surface area contributed by atoms with Crippen molar-refractivity contribution in [3.05, 3.63) is 47.6 Å². The molecule has 1 aliphatic rings.